The third-order valence-electron chi connectivity index (χ3n) is 5.08. The van der Waals surface area contributed by atoms with E-state index in [9.17, 15) is 4.79 Å². The molecule has 134 valence electrons. The average Bonchev–Trinajstić information content (AvgIpc) is 3.12. The van der Waals surface area contributed by atoms with Crippen LogP contribution in [0.4, 0.5) is 5.82 Å². The van der Waals surface area contributed by atoms with Crippen molar-refractivity contribution in [1.82, 2.24) is 20.1 Å². The molecule has 0 saturated carbocycles. The van der Waals surface area contributed by atoms with Crippen molar-refractivity contribution in [2.75, 3.05) is 32.1 Å². The van der Waals surface area contributed by atoms with E-state index in [2.05, 4.69) is 27.3 Å². The zero-order valence-corrected chi connectivity index (χ0v) is 15.1. The van der Waals surface area contributed by atoms with Gasteiger partial charge in [0.15, 0.2) is 5.69 Å². The number of benzene rings is 1. The van der Waals surface area contributed by atoms with Crippen molar-refractivity contribution in [3.63, 3.8) is 0 Å². The molecule has 1 unspecified atom stereocenters. The molecule has 0 radical (unpaired) electrons. The molecule has 1 saturated heterocycles. The van der Waals surface area contributed by atoms with Crippen LogP contribution in [0.2, 0.25) is 0 Å². The molecule has 1 N–H and O–H groups in total. The Morgan fingerprint density at radius 1 is 1.27 bits per heavy atom. The van der Waals surface area contributed by atoms with Crippen molar-refractivity contribution in [1.29, 1.82) is 0 Å². The van der Waals surface area contributed by atoms with E-state index in [4.69, 9.17) is 0 Å². The van der Waals surface area contributed by atoms with E-state index in [1.807, 2.05) is 54.4 Å². The molecule has 0 spiro atoms. The number of hydrogen-bond acceptors (Lipinski definition) is 4. The number of aromatic nitrogens is 3. The number of piperidine rings is 1. The third-order valence-corrected chi connectivity index (χ3v) is 5.08. The summed E-state index contributed by atoms with van der Waals surface area (Å²) >= 11 is 0. The minimum absolute atomic E-state index is 0.00837. The fourth-order valence-corrected chi connectivity index (χ4v) is 3.64. The number of para-hydroxylation sites is 1. The standard InChI is InChI=1S/C20H23N5O/c1-24(2)18-12-14(9-10-21-18)15-6-5-11-25(13-15)20(26)19-16-7-3-4-8-17(16)22-23-19/h3-4,7-10,12,15H,5-6,11,13H2,1-2H3,(H,22,23). The van der Waals surface area contributed by atoms with Gasteiger partial charge in [0.2, 0.25) is 0 Å². The van der Waals surface area contributed by atoms with Gasteiger partial charge in [0.1, 0.15) is 5.82 Å². The monoisotopic (exact) mass is 349 g/mol. The summed E-state index contributed by atoms with van der Waals surface area (Å²) in [6, 6.07) is 12.0. The molecule has 1 amide bonds. The zero-order chi connectivity index (χ0) is 18.1. The molecule has 1 aromatic carbocycles. The smallest absolute Gasteiger partial charge is 0.275 e. The van der Waals surface area contributed by atoms with Crippen LogP contribution in [-0.4, -0.2) is 53.2 Å². The Morgan fingerprint density at radius 3 is 2.96 bits per heavy atom. The van der Waals surface area contributed by atoms with Crippen LogP contribution >= 0.6 is 0 Å². The maximum Gasteiger partial charge on any atom is 0.275 e. The Morgan fingerprint density at radius 2 is 2.12 bits per heavy atom. The first-order chi connectivity index (χ1) is 12.6. The van der Waals surface area contributed by atoms with Gasteiger partial charge in [-0.15, -0.1) is 0 Å². The van der Waals surface area contributed by atoms with E-state index in [0.717, 1.165) is 42.7 Å². The van der Waals surface area contributed by atoms with Gasteiger partial charge >= 0.3 is 0 Å². The van der Waals surface area contributed by atoms with Crippen molar-refractivity contribution in [3.05, 3.63) is 53.9 Å². The molecule has 1 aliphatic heterocycles. The van der Waals surface area contributed by atoms with Crippen molar-refractivity contribution in [2.24, 2.45) is 0 Å². The maximum atomic E-state index is 13.0. The molecule has 3 heterocycles. The highest BCUT2D eigenvalue weighted by Gasteiger charge is 2.28. The van der Waals surface area contributed by atoms with Crippen molar-refractivity contribution >= 4 is 22.6 Å². The summed E-state index contributed by atoms with van der Waals surface area (Å²) in [5, 5.41) is 8.12. The van der Waals surface area contributed by atoms with Crippen LogP contribution in [0.25, 0.3) is 10.9 Å². The highest BCUT2D eigenvalue weighted by molar-refractivity contribution is 6.04. The summed E-state index contributed by atoms with van der Waals surface area (Å²) < 4.78 is 0. The van der Waals surface area contributed by atoms with Crippen LogP contribution in [0.5, 0.6) is 0 Å². The number of carbonyl (C=O) groups is 1. The fourth-order valence-electron chi connectivity index (χ4n) is 3.64. The molecule has 0 aliphatic carbocycles. The second kappa shape index (κ2) is 6.78. The normalized spacial score (nSPS) is 17.5. The zero-order valence-electron chi connectivity index (χ0n) is 15.1. The molecule has 26 heavy (non-hydrogen) atoms. The van der Waals surface area contributed by atoms with Crippen LogP contribution in [-0.2, 0) is 0 Å². The van der Waals surface area contributed by atoms with Gasteiger partial charge in [0.25, 0.3) is 5.91 Å². The Bertz CT molecular complexity index is 933. The van der Waals surface area contributed by atoms with Crippen LogP contribution in [0.1, 0.15) is 34.8 Å². The van der Waals surface area contributed by atoms with Gasteiger partial charge in [-0.3, -0.25) is 9.89 Å². The minimum Gasteiger partial charge on any atom is -0.363 e. The van der Waals surface area contributed by atoms with Gasteiger partial charge in [-0.1, -0.05) is 18.2 Å². The van der Waals surface area contributed by atoms with Gasteiger partial charge < -0.3 is 9.80 Å². The Kier molecular flexibility index (Phi) is 4.32. The van der Waals surface area contributed by atoms with Gasteiger partial charge in [-0.2, -0.15) is 5.10 Å². The molecule has 1 aliphatic rings. The molecule has 3 aromatic rings. The SMILES string of the molecule is CN(C)c1cc(C2CCCN(C(=O)c3n[nH]c4ccccc34)C2)ccn1. The lowest BCUT2D eigenvalue weighted by molar-refractivity contribution is 0.0703. The van der Waals surface area contributed by atoms with E-state index in [0.29, 0.717) is 11.6 Å². The summed E-state index contributed by atoms with van der Waals surface area (Å²) in [4.78, 5) is 21.4. The number of pyridine rings is 1. The number of nitrogens with one attached hydrogen (secondary N) is 1. The number of aromatic amines is 1. The number of likely N-dealkylation sites (tertiary alicyclic amines) is 1. The van der Waals surface area contributed by atoms with E-state index in [1.54, 1.807) is 0 Å². The van der Waals surface area contributed by atoms with Gasteiger partial charge in [0, 0.05) is 44.7 Å². The van der Waals surface area contributed by atoms with E-state index in [1.165, 1.54) is 5.56 Å². The molecule has 1 atom stereocenters. The molecule has 4 rings (SSSR count). The quantitative estimate of drug-likeness (QED) is 0.789. The summed E-state index contributed by atoms with van der Waals surface area (Å²) in [7, 11) is 3.98. The molecular formula is C20H23N5O. The average molecular weight is 349 g/mol. The summed E-state index contributed by atoms with van der Waals surface area (Å²) in [6.07, 6.45) is 3.94. The Labute approximate surface area is 152 Å². The van der Waals surface area contributed by atoms with Gasteiger partial charge in [-0.25, -0.2) is 4.98 Å². The first-order valence-electron chi connectivity index (χ1n) is 8.99. The Hall–Kier alpha value is -2.89. The van der Waals surface area contributed by atoms with Crippen LogP contribution in [0.3, 0.4) is 0 Å². The third kappa shape index (κ3) is 3.03. The summed E-state index contributed by atoms with van der Waals surface area (Å²) in [6.45, 7) is 1.50. The number of rotatable bonds is 3. The largest absolute Gasteiger partial charge is 0.363 e. The molecule has 1 fully saturated rings. The first-order valence-corrected chi connectivity index (χ1v) is 8.99. The number of nitrogens with zero attached hydrogens (tertiary/aromatic N) is 4. The van der Waals surface area contributed by atoms with Gasteiger partial charge in [-0.05, 0) is 36.6 Å². The number of amides is 1. The molecule has 6 heteroatoms. The predicted molar refractivity (Wildman–Crippen MR) is 103 cm³/mol. The fraction of sp³-hybridized carbons (Fsp3) is 0.350. The molecule has 0 bridgehead atoms. The maximum absolute atomic E-state index is 13.0. The lowest BCUT2D eigenvalue weighted by atomic mass is 9.91. The van der Waals surface area contributed by atoms with E-state index in [-0.39, 0.29) is 5.91 Å². The van der Waals surface area contributed by atoms with Crippen LogP contribution in [0.15, 0.2) is 42.6 Å². The minimum atomic E-state index is 0.00837. The van der Waals surface area contributed by atoms with Crippen LogP contribution in [0, 0.1) is 0 Å². The highest BCUT2D eigenvalue weighted by atomic mass is 16.2. The topological polar surface area (TPSA) is 65.1 Å². The number of anilines is 1. The second-order valence-electron chi connectivity index (χ2n) is 7.05. The Balaban J connectivity index is 1.57. The summed E-state index contributed by atoms with van der Waals surface area (Å²) in [5.74, 6) is 1.29. The number of hydrogen-bond donors (Lipinski definition) is 1. The van der Waals surface area contributed by atoms with Crippen molar-refractivity contribution < 1.29 is 4.79 Å². The molecular weight excluding hydrogens is 326 g/mol. The van der Waals surface area contributed by atoms with Crippen molar-refractivity contribution in [3.8, 4) is 0 Å². The van der Waals surface area contributed by atoms with Crippen molar-refractivity contribution in [2.45, 2.75) is 18.8 Å². The number of H-pyrrole nitrogens is 1. The van der Waals surface area contributed by atoms with E-state index < -0.39 is 0 Å². The highest BCUT2D eigenvalue weighted by Crippen LogP contribution is 2.29. The molecule has 6 nitrogen and oxygen atoms in total. The number of fused-ring (bicyclic) bond motifs is 1. The predicted octanol–water partition coefficient (Wildman–Crippen LogP) is 3.04. The lowest BCUT2D eigenvalue weighted by Crippen LogP contribution is -2.39. The summed E-state index contributed by atoms with van der Waals surface area (Å²) in [5.41, 5.74) is 2.66. The second-order valence-corrected chi connectivity index (χ2v) is 7.05. The van der Waals surface area contributed by atoms with E-state index >= 15 is 0 Å². The number of carbonyl (C=O) groups excluding carboxylic acids is 1. The van der Waals surface area contributed by atoms with Gasteiger partial charge in [0.05, 0.1) is 5.52 Å². The lowest BCUT2D eigenvalue weighted by Gasteiger charge is -2.33. The van der Waals surface area contributed by atoms with Crippen LogP contribution < -0.4 is 4.90 Å². The first kappa shape index (κ1) is 16.6. The molecule has 2 aromatic heterocycles.